The van der Waals surface area contributed by atoms with Crippen LogP contribution in [0.4, 0.5) is 11.4 Å². The summed E-state index contributed by atoms with van der Waals surface area (Å²) in [6, 6.07) is 3.80. The van der Waals surface area contributed by atoms with E-state index < -0.39 is 11.0 Å². The van der Waals surface area contributed by atoms with E-state index in [1.54, 1.807) is 6.92 Å². The van der Waals surface area contributed by atoms with Gasteiger partial charge in [-0.05, 0) is 38.8 Å². The van der Waals surface area contributed by atoms with E-state index in [0.29, 0.717) is 0 Å². The first-order valence-electron chi connectivity index (χ1n) is 7.74. The highest BCUT2D eigenvalue weighted by Crippen LogP contribution is 2.26. The topological polar surface area (TPSA) is 101 Å². The van der Waals surface area contributed by atoms with Crippen molar-refractivity contribution < 1.29 is 14.5 Å². The van der Waals surface area contributed by atoms with Crippen LogP contribution in [0.15, 0.2) is 18.2 Å². The summed E-state index contributed by atoms with van der Waals surface area (Å²) in [5, 5.41) is 17.0. The molecule has 1 amide bonds. The minimum atomic E-state index is -0.600. The minimum Gasteiger partial charge on any atom is -0.368 e. The lowest BCUT2D eigenvalue weighted by Crippen LogP contribution is -2.42. The number of hydrogen-bond donors (Lipinski definition) is 2. The van der Waals surface area contributed by atoms with Gasteiger partial charge in [-0.2, -0.15) is 0 Å². The van der Waals surface area contributed by atoms with Crippen molar-refractivity contribution in [1.82, 2.24) is 5.32 Å². The predicted molar refractivity (Wildman–Crippen MR) is 86.6 cm³/mol. The molecule has 0 bridgehead atoms. The molecule has 1 fully saturated rings. The molecule has 0 aliphatic heterocycles. The van der Waals surface area contributed by atoms with E-state index in [2.05, 4.69) is 10.6 Å². The van der Waals surface area contributed by atoms with Crippen LogP contribution in [0.5, 0.6) is 0 Å². The Kier molecular flexibility index (Phi) is 5.31. The molecule has 0 unspecified atom stereocenters. The number of nitrogens with one attached hydrogen (secondary N) is 2. The van der Waals surface area contributed by atoms with E-state index >= 15 is 0 Å². The number of Topliss-reactive ketones (excluding diaryl/α,β-unsaturated/α-hetero) is 1. The van der Waals surface area contributed by atoms with Crippen LogP contribution in [0.3, 0.4) is 0 Å². The van der Waals surface area contributed by atoms with Crippen molar-refractivity contribution in [2.24, 2.45) is 0 Å². The number of amides is 1. The fraction of sp³-hybridized carbons (Fsp3) is 0.500. The second-order valence-corrected chi connectivity index (χ2v) is 5.90. The first-order chi connectivity index (χ1) is 10.9. The Hall–Kier alpha value is -2.44. The van der Waals surface area contributed by atoms with Crippen molar-refractivity contribution in [3.05, 3.63) is 33.9 Å². The number of anilines is 1. The Bertz CT molecular complexity index is 624. The lowest BCUT2D eigenvalue weighted by molar-refractivity contribution is -0.384. The van der Waals surface area contributed by atoms with Gasteiger partial charge in [-0.15, -0.1) is 0 Å². The third kappa shape index (κ3) is 4.28. The molecule has 1 aliphatic rings. The fourth-order valence-corrected chi connectivity index (χ4v) is 2.72. The summed E-state index contributed by atoms with van der Waals surface area (Å²) in [4.78, 5) is 34.1. The van der Waals surface area contributed by atoms with Gasteiger partial charge in [0.15, 0.2) is 5.78 Å². The maximum atomic E-state index is 12.2. The molecule has 0 aromatic heterocycles. The van der Waals surface area contributed by atoms with Gasteiger partial charge in [0.1, 0.15) is 11.7 Å². The van der Waals surface area contributed by atoms with Crippen LogP contribution in [-0.4, -0.2) is 28.7 Å². The fourth-order valence-electron chi connectivity index (χ4n) is 2.72. The van der Waals surface area contributed by atoms with E-state index in [9.17, 15) is 19.7 Å². The van der Waals surface area contributed by atoms with Gasteiger partial charge in [0.05, 0.1) is 4.92 Å². The Morgan fingerprint density at radius 1 is 1.30 bits per heavy atom. The zero-order valence-electron chi connectivity index (χ0n) is 13.3. The molecule has 0 saturated heterocycles. The quantitative estimate of drug-likeness (QED) is 0.477. The van der Waals surface area contributed by atoms with Crippen molar-refractivity contribution in [1.29, 1.82) is 0 Å². The molecule has 0 radical (unpaired) electrons. The number of hydrogen-bond acceptors (Lipinski definition) is 5. The highest BCUT2D eigenvalue weighted by Gasteiger charge is 2.23. The standard InChI is InChI=1S/C16H21N3O4/c1-10(16(21)18-13-5-3-4-6-13)17-14-8-7-12(11(2)20)9-15(14)19(22)23/h7-10,13,17H,3-6H2,1-2H3,(H,18,21)/t10-/m0/s1. The maximum Gasteiger partial charge on any atom is 0.293 e. The zero-order chi connectivity index (χ0) is 17.0. The van der Waals surface area contributed by atoms with E-state index in [4.69, 9.17) is 0 Å². The first kappa shape index (κ1) is 16.9. The molecule has 0 heterocycles. The second kappa shape index (κ2) is 7.21. The molecule has 2 rings (SSSR count). The molecule has 124 valence electrons. The molecule has 7 nitrogen and oxygen atoms in total. The zero-order valence-corrected chi connectivity index (χ0v) is 13.3. The van der Waals surface area contributed by atoms with Gasteiger partial charge >= 0.3 is 0 Å². The molecule has 23 heavy (non-hydrogen) atoms. The number of carbonyl (C=O) groups is 2. The molecule has 1 aliphatic carbocycles. The predicted octanol–water partition coefficient (Wildman–Crippen LogP) is 2.66. The Labute approximate surface area is 134 Å². The van der Waals surface area contributed by atoms with Crippen LogP contribution in [-0.2, 0) is 4.79 Å². The number of carbonyl (C=O) groups excluding carboxylic acids is 2. The Morgan fingerprint density at radius 2 is 1.96 bits per heavy atom. The average molecular weight is 319 g/mol. The molecule has 1 aromatic carbocycles. The van der Waals surface area contributed by atoms with E-state index in [1.165, 1.54) is 25.1 Å². The monoisotopic (exact) mass is 319 g/mol. The molecule has 7 heteroatoms. The third-order valence-electron chi connectivity index (χ3n) is 4.07. The van der Waals surface area contributed by atoms with Crippen molar-refractivity contribution >= 4 is 23.1 Å². The Balaban J connectivity index is 2.09. The number of nitrogens with zero attached hydrogens (tertiary/aromatic N) is 1. The SMILES string of the molecule is CC(=O)c1ccc(N[C@@H](C)C(=O)NC2CCCC2)c([N+](=O)[O-])c1. The number of benzene rings is 1. The summed E-state index contributed by atoms with van der Waals surface area (Å²) in [6.07, 6.45) is 4.19. The van der Waals surface area contributed by atoms with Gasteiger partial charge < -0.3 is 10.6 Å². The van der Waals surface area contributed by atoms with E-state index in [0.717, 1.165) is 25.7 Å². The first-order valence-corrected chi connectivity index (χ1v) is 7.74. The smallest absolute Gasteiger partial charge is 0.293 e. The summed E-state index contributed by atoms with van der Waals surface area (Å²) in [7, 11) is 0. The summed E-state index contributed by atoms with van der Waals surface area (Å²) in [5.74, 6) is -0.423. The molecule has 1 aromatic rings. The molecule has 1 saturated carbocycles. The highest BCUT2D eigenvalue weighted by atomic mass is 16.6. The number of nitro benzene ring substituents is 1. The van der Waals surface area contributed by atoms with Gasteiger partial charge in [0, 0.05) is 17.7 Å². The van der Waals surface area contributed by atoms with Gasteiger partial charge in [-0.3, -0.25) is 19.7 Å². The van der Waals surface area contributed by atoms with Crippen molar-refractivity contribution in [2.45, 2.75) is 51.6 Å². The molecular weight excluding hydrogens is 298 g/mol. The van der Waals surface area contributed by atoms with Crippen LogP contribution in [0.25, 0.3) is 0 Å². The lowest BCUT2D eigenvalue weighted by atomic mass is 10.1. The van der Waals surface area contributed by atoms with Gasteiger partial charge in [0.25, 0.3) is 5.69 Å². The summed E-state index contributed by atoms with van der Waals surface area (Å²) < 4.78 is 0. The normalized spacial score (nSPS) is 15.9. The average Bonchev–Trinajstić information content (AvgIpc) is 2.99. The van der Waals surface area contributed by atoms with Gasteiger partial charge in [-0.1, -0.05) is 12.8 Å². The number of ketones is 1. The maximum absolute atomic E-state index is 12.2. The third-order valence-corrected chi connectivity index (χ3v) is 4.07. The van der Waals surface area contributed by atoms with Crippen LogP contribution in [0.1, 0.15) is 49.9 Å². The minimum absolute atomic E-state index is 0.179. The van der Waals surface area contributed by atoms with Crippen LogP contribution >= 0.6 is 0 Å². The van der Waals surface area contributed by atoms with Crippen LogP contribution < -0.4 is 10.6 Å². The summed E-state index contributed by atoms with van der Waals surface area (Å²) >= 11 is 0. The van der Waals surface area contributed by atoms with Gasteiger partial charge in [0.2, 0.25) is 5.91 Å². The molecule has 1 atom stereocenters. The molecule has 2 N–H and O–H groups in total. The molecular formula is C16H21N3O4. The van der Waals surface area contributed by atoms with Crippen molar-refractivity contribution in [2.75, 3.05) is 5.32 Å². The van der Waals surface area contributed by atoms with Crippen LogP contribution in [0.2, 0.25) is 0 Å². The number of nitro groups is 1. The molecule has 0 spiro atoms. The van der Waals surface area contributed by atoms with Crippen molar-refractivity contribution in [3.63, 3.8) is 0 Å². The van der Waals surface area contributed by atoms with Gasteiger partial charge in [-0.25, -0.2) is 0 Å². The highest BCUT2D eigenvalue weighted by molar-refractivity contribution is 5.95. The van der Waals surface area contributed by atoms with E-state index in [-0.39, 0.29) is 34.7 Å². The number of rotatable bonds is 6. The van der Waals surface area contributed by atoms with E-state index in [1.807, 2.05) is 0 Å². The summed E-state index contributed by atoms with van der Waals surface area (Å²) in [6.45, 7) is 3.01. The van der Waals surface area contributed by atoms with Crippen molar-refractivity contribution in [3.8, 4) is 0 Å². The summed E-state index contributed by atoms with van der Waals surface area (Å²) in [5.41, 5.74) is 0.289. The lowest BCUT2D eigenvalue weighted by Gasteiger charge is -2.18. The second-order valence-electron chi connectivity index (χ2n) is 5.90. The van der Waals surface area contributed by atoms with Crippen LogP contribution in [0, 0.1) is 10.1 Å². The Morgan fingerprint density at radius 3 is 2.52 bits per heavy atom. The largest absolute Gasteiger partial charge is 0.368 e.